The largest absolute Gasteiger partial charge is 0.381 e. The molecule has 1 saturated carbocycles. The molecule has 1 aliphatic rings. The Morgan fingerprint density at radius 2 is 2.20 bits per heavy atom. The van der Waals surface area contributed by atoms with Gasteiger partial charge in [-0.3, -0.25) is 0 Å². The summed E-state index contributed by atoms with van der Waals surface area (Å²) in [5, 5.41) is 0. The van der Waals surface area contributed by atoms with Gasteiger partial charge in [-0.25, -0.2) is 0 Å². The third kappa shape index (κ3) is 5.55. The Balaban J connectivity index is 1.88. The highest BCUT2D eigenvalue weighted by atomic mass is 16.5. The van der Waals surface area contributed by atoms with E-state index in [1.165, 1.54) is 38.5 Å². The van der Waals surface area contributed by atoms with Gasteiger partial charge >= 0.3 is 0 Å². The van der Waals surface area contributed by atoms with Crippen LogP contribution in [0.15, 0.2) is 0 Å². The maximum absolute atomic E-state index is 5.63. The highest BCUT2D eigenvalue weighted by Gasteiger charge is 2.22. The van der Waals surface area contributed by atoms with E-state index in [0.29, 0.717) is 0 Å². The maximum Gasteiger partial charge on any atom is 0.0468 e. The molecule has 0 aromatic carbocycles. The molecule has 1 aliphatic carbocycles. The summed E-state index contributed by atoms with van der Waals surface area (Å²) >= 11 is 0. The van der Waals surface area contributed by atoms with Crippen LogP contribution in [0.2, 0.25) is 0 Å². The van der Waals surface area contributed by atoms with E-state index in [0.717, 1.165) is 31.5 Å². The molecule has 1 nitrogen and oxygen atoms in total. The first-order valence-electron chi connectivity index (χ1n) is 6.57. The molecule has 2 unspecified atom stereocenters. The van der Waals surface area contributed by atoms with Crippen LogP contribution >= 0.6 is 0 Å². The van der Waals surface area contributed by atoms with Crippen molar-refractivity contribution in [1.82, 2.24) is 0 Å². The predicted octanol–water partition coefficient (Wildman–Crippen LogP) is 4.04. The predicted molar refractivity (Wildman–Crippen MR) is 65.4 cm³/mol. The van der Waals surface area contributed by atoms with Crippen molar-refractivity contribution in [2.24, 2.45) is 11.8 Å². The lowest BCUT2D eigenvalue weighted by Crippen LogP contribution is -2.03. The first-order chi connectivity index (χ1) is 7.36. The van der Waals surface area contributed by atoms with Crippen molar-refractivity contribution in [1.29, 1.82) is 0 Å². The second-order valence-electron chi connectivity index (χ2n) is 4.73. The van der Waals surface area contributed by atoms with Crippen molar-refractivity contribution < 1.29 is 4.74 Å². The molecule has 0 heterocycles. The highest BCUT2D eigenvalue weighted by Crippen LogP contribution is 2.33. The van der Waals surface area contributed by atoms with E-state index in [9.17, 15) is 0 Å². The average molecular weight is 210 g/mol. The monoisotopic (exact) mass is 210 g/mol. The first kappa shape index (κ1) is 13.0. The average Bonchev–Trinajstić information content (AvgIpc) is 2.71. The minimum absolute atomic E-state index is 0.808. The standard InChI is InChI=1S/C14H26O/c1-3-5-6-10-15-11-9-14-8-7-13(4-2)12-14/h8,13-14H,2-7,9-12H2,1H3. The van der Waals surface area contributed by atoms with Crippen LogP contribution in [-0.4, -0.2) is 13.2 Å². The van der Waals surface area contributed by atoms with Crippen molar-refractivity contribution in [2.75, 3.05) is 13.2 Å². The molecule has 1 heteroatoms. The smallest absolute Gasteiger partial charge is 0.0468 e. The molecule has 0 saturated heterocycles. The van der Waals surface area contributed by atoms with Gasteiger partial charge in [-0.2, -0.15) is 0 Å². The van der Waals surface area contributed by atoms with Crippen molar-refractivity contribution in [3.05, 3.63) is 13.3 Å². The highest BCUT2D eigenvalue weighted by molar-refractivity contribution is 4.89. The van der Waals surface area contributed by atoms with Crippen LogP contribution in [0.3, 0.4) is 0 Å². The number of hydrogen-bond acceptors (Lipinski definition) is 1. The molecule has 88 valence electrons. The number of hydrogen-bond donors (Lipinski definition) is 0. The third-order valence-electron chi connectivity index (χ3n) is 3.37. The van der Waals surface area contributed by atoms with Crippen LogP contribution in [-0.2, 0) is 4.74 Å². The Morgan fingerprint density at radius 3 is 2.87 bits per heavy atom. The molecule has 1 rings (SSSR count). The summed E-state index contributed by atoms with van der Waals surface area (Å²) in [5.74, 6) is 1.66. The van der Waals surface area contributed by atoms with Crippen molar-refractivity contribution >= 4 is 0 Å². The molecule has 2 radical (unpaired) electrons. The second kappa shape index (κ2) is 8.15. The van der Waals surface area contributed by atoms with Gasteiger partial charge in [-0.15, -0.1) is 0 Å². The summed E-state index contributed by atoms with van der Waals surface area (Å²) in [6, 6.07) is 0. The molecule has 0 aliphatic heterocycles. The van der Waals surface area contributed by atoms with Crippen molar-refractivity contribution in [3.63, 3.8) is 0 Å². The molecule has 0 bridgehead atoms. The van der Waals surface area contributed by atoms with Gasteiger partial charge in [-0.1, -0.05) is 33.1 Å². The van der Waals surface area contributed by atoms with E-state index in [1.54, 1.807) is 0 Å². The summed E-state index contributed by atoms with van der Waals surface area (Å²) in [6.07, 6.45) is 11.3. The first-order valence-corrected chi connectivity index (χ1v) is 6.57. The normalized spacial score (nSPS) is 26.0. The molecule has 0 amide bonds. The lowest BCUT2D eigenvalue weighted by atomic mass is 10.0. The van der Waals surface area contributed by atoms with Gasteiger partial charge in [0.2, 0.25) is 0 Å². The van der Waals surface area contributed by atoms with Crippen LogP contribution < -0.4 is 0 Å². The lowest BCUT2D eigenvalue weighted by Gasteiger charge is -2.10. The summed E-state index contributed by atoms with van der Waals surface area (Å²) < 4.78 is 5.63. The van der Waals surface area contributed by atoms with Crippen LogP contribution in [0, 0.1) is 25.2 Å². The quantitative estimate of drug-likeness (QED) is 0.549. The zero-order chi connectivity index (χ0) is 10.9. The van der Waals surface area contributed by atoms with Gasteiger partial charge in [-0.05, 0) is 43.9 Å². The molecule has 2 atom stereocenters. The Kier molecular flexibility index (Phi) is 7.08. The van der Waals surface area contributed by atoms with Crippen LogP contribution in [0.4, 0.5) is 0 Å². The number of rotatable bonds is 8. The van der Waals surface area contributed by atoms with E-state index in [1.807, 2.05) is 0 Å². The Morgan fingerprint density at radius 1 is 1.33 bits per heavy atom. The molecule has 0 spiro atoms. The van der Waals surface area contributed by atoms with E-state index in [2.05, 4.69) is 20.3 Å². The lowest BCUT2D eigenvalue weighted by molar-refractivity contribution is 0.119. The second-order valence-corrected chi connectivity index (χ2v) is 4.73. The van der Waals surface area contributed by atoms with Crippen molar-refractivity contribution in [2.45, 2.75) is 51.9 Å². The van der Waals surface area contributed by atoms with Crippen molar-refractivity contribution in [3.8, 4) is 0 Å². The Bertz CT molecular complexity index is 144. The Labute approximate surface area is 95.6 Å². The van der Waals surface area contributed by atoms with Crippen LogP contribution in [0.5, 0.6) is 0 Å². The molecule has 0 aromatic rings. The zero-order valence-electron chi connectivity index (χ0n) is 10.2. The minimum Gasteiger partial charge on any atom is -0.381 e. The van der Waals surface area contributed by atoms with Crippen LogP contribution in [0.1, 0.15) is 51.9 Å². The van der Waals surface area contributed by atoms with Gasteiger partial charge in [0.05, 0.1) is 0 Å². The Hall–Kier alpha value is -0.0400. The summed E-state index contributed by atoms with van der Waals surface area (Å²) in [7, 11) is 0. The van der Waals surface area contributed by atoms with Gasteiger partial charge < -0.3 is 4.74 Å². The molecule has 15 heavy (non-hydrogen) atoms. The maximum atomic E-state index is 5.63. The molecular formula is C14H26O. The molecule has 0 N–H and O–H groups in total. The topological polar surface area (TPSA) is 9.23 Å². The van der Waals surface area contributed by atoms with E-state index >= 15 is 0 Å². The summed E-state index contributed by atoms with van der Waals surface area (Å²) in [5.41, 5.74) is 0. The van der Waals surface area contributed by atoms with Crippen LogP contribution in [0.25, 0.3) is 0 Å². The van der Waals surface area contributed by atoms with E-state index in [-0.39, 0.29) is 0 Å². The van der Waals surface area contributed by atoms with Gasteiger partial charge in [0.15, 0.2) is 0 Å². The van der Waals surface area contributed by atoms with Gasteiger partial charge in [0.1, 0.15) is 0 Å². The summed E-state index contributed by atoms with van der Waals surface area (Å²) in [6.45, 7) is 8.12. The fourth-order valence-electron chi connectivity index (χ4n) is 2.27. The zero-order valence-corrected chi connectivity index (χ0v) is 10.2. The van der Waals surface area contributed by atoms with Gasteiger partial charge in [0.25, 0.3) is 0 Å². The van der Waals surface area contributed by atoms with E-state index in [4.69, 9.17) is 4.74 Å². The number of unbranched alkanes of at least 4 members (excludes halogenated alkanes) is 2. The van der Waals surface area contributed by atoms with Gasteiger partial charge in [0, 0.05) is 13.2 Å². The number of ether oxygens (including phenoxy) is 1. The fourth-order valence-corrected chi connectivity index (χ4v) is 2.27. The molecule has 1 fully saturated rings. The summed E-state index contributed by atoms with van der Waals surface area (Å²) in [4.78, 5) is 0. The van der Waals surface area contributed by atoms with E-state index < -0.39 is 0 Å². The molecular weight excluding hydrogens is 184 g/mol. The fraction of sp³-hybridized carbons (Fsp3) is 0.857. The minimum atomic E-state index is 0.808. The third-order valence-corrected chi connectivity index (χ3v) is 3.37. The molecule has 0 aromatic heterocycles. The SMILES string of the molecule is [CH2]CC1C[CH]C(CCOCCCCC)C1.